The van der Waals surface area contributed by atoms with Crippen LogP contribution < -0.4 is 9.62 Å². The summed E-state index contributed by atoms with van der Waals surface area (Å²) in [5, 5.41) is 7.95. The van der Waals surface area contributed by atoms with E-state index in [1.807, 2.05) is 41.1 Å². The van der Waals surface area contributed by atoms with Crippen molar-refractivity contribution >= 4 is 49.4 Å². The summed E-state index contributed by atoms with van der Waals surface area (Å²) < 4.78 is 24.6. The third kappa shape index (κ3) is 5.21. The molecule has 1 amide bonds. The molecule has 7 nitrogen and oxygen atoms in total. The van der Waals surface area contributed by atoms with Gasteiger partial charge in [0.15, 0.2) is 5.13 Å². The maximum Gasteiger partial charge on any atom is 0.232 e. The number of aromatic nitrogens is 2. The summed E-state index contributed by atoms with van der Waals surface area (Å²) in [4.78, 5) is 21.5. The summed E-state index contributed by atoms with van der Waals surface area (Å²) in [7, 11) is -1.81. The lowest BCUT2D eigenvalue weighted by molar-refractivity contribution is -0.115. The SMILES string of the molecule is CN(c1ccc(-c2csc(NC(=O)Cc3csc(-c4ccccc4)n3)n2)cc1)S(C)(=O)=O. The number of amides is 1. The fourth-order valence-electron chi connectivity index (χ4n) is 2.93. The summed E-state index contributed by atoms with van der Waals surface area (Å²) in [6, 6.07) is 16.9. The van der Waals surface area contributed by atoms with E-state index in [2.05, 4.69) is 15.3 Å². The lowest BCUT2D eigenvalue weighted by atomic mass is 10.1. The molecule has 10 heteroatoms. The normalized spacial score (nSPS) is 11.3. The number of hydrogen-bond acceptors (Lipinski definition) is 7. The molecule has 4 rings (SSSR count). The van der Waals surface area contributed by atoms with Gasteiger partial charge in [0.1, 0.15) is 5.01 Å². The first kappa shape index (κ1) is 22.1. The smallest absolute Gasteiger partial charge is 0.232 e. The van der Waals surface area contributed by atoms with Gasteiger partial charge in [0.05, 0.1) is 29.8 Å². The fourth-order valence-corrected chi connectivity index (χ4v) is 4.99. The van der Waals surface area contributed by atoms with Crippen LogP contribution in [0.1, 0.15) is 5.69 Å². The van der Waals surface area contributed by atoms with Crippen LogP contribution in [0.2, 0.25) is 0 Å². The van der Waals surface area contributed by atoms with Crippen molar-refractivity contribution in [2.45, 2.75) is 6.42 Å². The predicted molar refractivity (Wildman–Crippen MR) is 131 cm³/mol. The Hall–Kier alpha value is -3.08. The van der Waals surface area contributed by atoms with Crippen LogP contribution in [-0.4, -0.2) is 37.6 Å². The number of nitrogens with zero attached hydrogens (tertiary/aromatic N) is 3. The molecular formula is C22H20N4O3S3. The van der Waals surface area contributed by atoms with Gasteiger partial charge in [0.2, 0.25) is 15.9 Å². The standard InChI is InChI=1S/C22H20N4O3S3/c1-26(32(2,28)29)18-10-8-15(9-11-18)19-14-31-22(24-19)25-20(27)12-17-13-30-21(23-17)16-6-4-3-5-7-16/h3-11,13-14H,12H2,1-2H3,(H,24,25,27). The van der Waals surface area contributed by atoms with E-state index in [4.69, 9.17) is 0 Å². The summed E-state index contributed by atoms with van der Waals surface area (Å²) in [5.41, 5.74) is 3.85. The molecule has 0 saturated carbocycles. The molecule has 4 aromatic rings. The highest BCUT2D eigenvalue weighted by Gasteiger charge is 2.14. The Balaban J connectivity index is 1.39. The summed E-state index contributed by atoms with van der Waals surface area (Å²) in [6.07, 6.45) is 1.33. The minimum absolute atomic E-state index is 0.171. The van der Waals surface area contributed by atoms with Gasteiger partial charge in [0, 0.05) is 28.9 Å². The molecule has 32 heavy (non-hydrogen) atoms. The molecule has 0 aliphatic rings. The molecule has 2 heterocycles. The van der Waals surface area contributed by atoms with Crippen molar-refractivity contribution in [1.29, 1.82) is 0 Å². The van der Waals surface area contributed by atoms with Crippen LogP contribution >= 0.6 is 22.7 Å². The first-order chi connectivity index (χ1) is 15.3. The average molecular weight is 485 g/mol. The number of nitrogens with one attached hydrogen (secondary N) is 1. The first-order valence-electron chi connectivity index (χ1n) is 9.59. The van der Waals surface area contributed by atoms with Gasteiger partial charge in [-0.2, -0.15) is 0 Å². The zero-order chi connectivity index (χ0) is 22.7. The van der Waals surface area contributed by atoms with E-state index in [1.165, 1.54) is 34.0 Å². The van der Waals surface area contributed by atoms with Crippen molar-refractivity contribution in [3.63, 3.8) is 0 Å². The molecule has 0 radical (unpaired) electrons. The summed E-state index contributed by atoms with van der Waals surface area (Å²) >= 11 is 2.84. The van der Waals surface area contributed by atoms with Crippen molar-refractivity contribution in [2.24, 2.45) is 0 Å². The van der Waals surface area contributed by atoms with Crippen molar-refractivity contribution in [1.82, 2.24) is 9.97 Å². The van der Waals surface area contributed by atoms with E-state index >= 15 is 0 Å². The maximum absolute atomic E-state index is 12.4. The number of carbonyl (C=O) groups is 1. The Kier molecular flexibility index (Phi) is 6.35. The second-order valence-electron chi connectivity index (χ2n) is 7.05. The third-order valence-corrected chi connectivity index (χ3v) is 7.59. The Morgan fingerprint density at radius 2 is 1.69 bits per heavy atom. The number of sulfonamides is 1. The van der Waals surface area contributed by atoms with E-state index in [0.717, 1.165) is 22.4 Å². The largest absolute Gasteiger partial charge is 0.302 e. The van der Waals surface area contributed by atoms with Gasteiger partial charge < -0.3 is 5.32 Å². The highest BCUT2D eigenvalue weighted by molar-refractivity contribution is 7.92. The Bertz CT molecular complexity index is 1330. The number of thiazole rings is 2. The number of benzene rings is 2. The highest BCUT2D eigenvalue weighted by atomic mass is 32.2. The van der Waals surface area contributed by atoms with Gasteiger partial charge in [-0.15, -0.1) is 22.7 Å². The van der Waals surface area contributed by atoms with Crippen LogP contribution in [0.4, 0.5) is 10.8 Å². The van der Waals surface area contributed by atoms with E-state index in [-0.39, 0.29) is 12.3 Å². The van der Waals surface area contributed by atoms with Gasteiger partial charge in [0.25, 0.3) is 0 Å². The fraction of sp³-hybridized carbons (Fsp3) is 0.136. The van der Waals surface area contributed by atoms with Crippen LogP contribution in [0.25, 0.3) is 21.8 Å². The third-order valence-electron chi connectivity index (χ3n) is 4.69. The topological polar surface area (TPSA) is 92.3 Å². The van der Waals surface area contributed by atoms with Gasteiger partial charge in [-0.1, -0.05) is 42.5 Å². The molecule has 0 fully saturated rings. The van der Waals surface area contributed by atoms with Crippen molar-refractivity contribution < 1.29 is 13.2 Å². The number of rotatable bonds is 7. The van der Waals surface area contributed by atoms with Crippen LogP contribution in [0, 0.1) is 0 Å². The molecule has 0 aliphatic heterocycles. The zero-order valence-corrected chi connectivity index (χ0v) is 19.8. The monoisotopic (exact) mass is 484 g/mol. The second kappa shape index (κ2) is 9.19. The van der Waals surface area contributed by atoms with Gasteiger partial charge in [-0.25, -0.2) is 18.4 Å². The minimum Gasteiger partial charge on any atom is -0.302 e. The molecule has 164 valence electrons. The Morgan fingerprint density at radius 1 is 0.969 bits per heavy atom. The van der Waals surface area contributed by atoms with Crippen LogP contribution in [0.15, 0.2) is 65.4 Å². The van der Waals surface area contributed by atoms with Crippen molar-refractivity contribution in [3.8, 4) is 21.8 Å². The van der Waals surface area contributed by atoms with Crippen molar-refractivity contribution in [3.05, 3.63) is 71.1 Å². The quantitative estimate of drug-likeness (QED) is 0.417. The van der Waals surface area contributed by atoms with Crippen LogP contribution in [-0.2, 0) is 21.2 Å². The van der Waals surface area contributed by atoms with Crippen LogP contribution in [0.5, 0.6) is 0 Å². The maximum atomic E-state index is 12.4. The number of hydrogen-bond donors (Lipinski definition) is 1. The van der Waals surface area contributed by atoms with E-state index in [9.17, 15) is 13.2 Å². The predicted octanol–water partition coefficient (Wildman–Crippen LogP) is 4.51. The lowest BCUT2D eigenvalue weighted by Crippen LogP contribution is -2.24. The van der Waals surface area contributed by atoms with E-state index < -0.39 is 10.0 Å². The Morgan fingerprint density at radius 3 is 2.38 bits per heavy atom. The molecule has 0 unspecified atom stereocenters. The lowest BCUT2D eigenvalue weighted by Gasteiger charge is -2.16. The highest BCUT2D eigenvalue weighted by Crippen LogP contribution is 2.28. The molecule has 0 aliphatic carbocycles. The van der Waals surface area contributed by atoms with E-state index in [1.54, 1.807) is 24.3 Å². The average Bonchev–Trinajstić information content (AvgIpc) is 3.43. The molecular weight excluding hydrogens is 464 g/mol. The first-order valence-corrected chi connectivity index (χ1v) is 13.2. The van der Waals surface area contributed by atoms with Gasteiger partial charge in [-0.3, -0.25) is 9.10 Å². The van der Waals surface area contributed by atoms with Gasteiger partial charge >= 0.3 is 0 Å². The van der Waals surface area contributed by atoms with Gasteiger partial charge in [-0.05, 0) is 12.1 Å². The molecule has 0 spiro atoms. The zero-order valence-electron chi connectivity index (χ0n) is 17.3. The molecule has 0 bridgehead atoms. The summed E-state index contributed by atoms with van der Waals surface area (Å²) in [6.45, 7) is 0. The molecule has 1 N–H and O–H groups in total. The second-order valence-corrected chi connectivity index (χ2v) is 10.8. The molecule has 2 aromatic carbocycles. The minimum atomic E-state index is -3.32. The molecule has 0 saturated heterocycles. The van der Waals surface area contributed by atoms with Crippen LogP contribution in [0.3, 0.4) is 0 Å². The van der Waals surface area contributed by atoms with Crippen molar-refractivity contribution in [2.75, 3.05) is 22.9 Å². The molecule has 2 aromatic heterocycles. The number of carbonyl (C=O) groups excluding carboxylic acids is 1. The summed E-state index contributed by atoms with van der Waals surface area (Å²) in [5.74, 6) is -0.180. The number of anilines is 2. The molecule has 0 atom stereocenters. The van der Waals surface area contributed by atoms with E-state index in [0.29, 0.717) is 22.2 Å². The Labute approximate surface area is 194 Å².